The first-order chi connectivity index (χ1) is 2.91. The van der Waals surface area contributed by atoms with E-state index in [1.165, 1.54) is 0 Å². The Bertz CT molecular complexity index is 59.3. The zero-order chi connectivity index (χ0) is 4.83. The van der Waals surface area contributed by atoms with Crippen molar-refractivity contribution in [1.29, 1.82) is 0 Å². The summed E-state index contributed by atoms with van der Waals surface area (Å²) in [4.78, 5) is 0. The summed E-state index contributed by atoms with van der Waals surface area (Å²) >= 11 is 0. The third kappa shape index (κ3) is 24.5. The van der Waals surface area contributed by atoms with E-state index < -0.39 is 0 Å². The third-order valence-corrected chi connectivity index (χ3v) is 0.125. The molecule has 0 radical (unpaired) electrons. The predicted octanol–water partition coefficient (Wildman–Crippen LogP) is -7.36. The molecule has 34 valence electrons. The van der Waals surface area contributed by atoms with Crippen LogP contribution < -0.4 is 154 Å². The fraction of sp³-hybridized carbons (Fsp3) is 0. The van der Waals surface area contributed by atoms with Gasteiger partial charge in [0, 0.05) is 0 Å². The first kappa shape index (κ1) is 23.0. The van der Waals surface area contributed by atoms with Crippen molar-refractivity contribution in [2.75, 3.05) is 0 Å². The van der Waals surface area contributed by atoms with Gasteiger partial charge in [-0.15, -0.1) is 0 Å². The van der Waals surface area contributed by atoms with Gasteiger partial charge in [0.15, 0.2) is 0 Å². The summed E-state index contributed by atoms with van der Waals surface area (Å²) in [6.45, 7) is 0. The van der Waals surface area contributed by atoms with E-state index in [-0.39, 0.29) is 154 Å². The second-order valence-electron chi connectivity index (χ2n) is 0.368. The Kier molecular flexibility index (Phi) is 57.7. The van der Waals surface area contributed by atoms with Gasteiger partial charge in [-0.05, 0) is 0 Å². The zero-order valence-corrected chi connectivity index (χ0v) is 15.1. The first-order valence-corrected chi connectivity index (χ1v) is 1.02. The Morgan fingerprint density at radius 3 is 1.78 bits per heavy atom. The quantitative estimate of drug-likeness (QED) is 0.241. The molecule has 0 unspecified atom stereocenters. The molecule has 0 aliphatic carbocycles. The van der Waals surface area contributed by atoms with Gasteiger partial charge in [-0.1, -0.05) is 0 Å². The second kappa shape index (κ2) is 22.6. The van der Waals surface area contributed by atoms with Gasteiger partial charge in [0.05, 0.1) is 0 Å². The normalized spacial score (nSPS) is 5.78. The van der Waals surface area contributed by atoms with Crippen LogP contribution in [0.4, 0.5) is 0 Å². The van der Waals surface area contributed by atoms with Gasteiger partial charge in [-0.3, -0.25) is 5.22 Å². The molecule has 0 rings (SSSR count). The average molecular weight is 202 g/mol. The van der Waals surface area contributed by atoms with E-state index in [9.17, 15) is 0 Å². The van der Waals surface area contributed by atoms with Crippen LogP contribution >= 0.6 is 0 Å². The molecule has 9 heavy (non-hydrogen) atoms. The van der Waals surface area contributed by atoms with Crippen molar-refractivity contribution in [2.45, 2.75) is 0 Å². The second-order valence-corrected chi connectivity index (χ2v) is 0.368. The zero-order valence-electron chi connectivity index (χ0n) is 5.74. The van der Waals surface area contributed by atoms with Crippen LogP contribution in [-0.4, -0.2) is 0 Å². The van der Waals surface area contributed by atoms with Crippen LogP contribution in [0.1, 0.15) is 0 Å². The Morgan fingerprint density at radius 1 is 1.22 bits per heavy atom. The summed E-state index contributed by atoms with van der Waals surface area (Å²) in [5.41, 5.74) is 9.96. The van der Waals surface area contributed by atoms with Gasteiger partial charge in [-0.2, -0.15) is 0 Å². The molecule has 6 nitrogen and oxygen atoms in total. The van der Waals surface area contributed by atoms with Gasteiger partial charge < -0.3 is 27.4 Å². The van der Waals surface area contributed by atoms with Crippen LogP contribution in [0.15, 0.2) is 15.7 Å². The van der Waals surface area contributed by atoms with Crippen molar-refractivity contribution in [2.24, 2.45) is 15.7 Å². The maximum atomic E-state index is 7.42. The molecular weight excluding hydrogens is 201 g/mol. The number of rotatable bonds is 2. The van der Waals surface area contributed by atoms with Gasteiger partial charge in [0.2, 0.25) is 0 Å². The number of hydrogen-bond donors (Lipinski definition) is 0. The number of nitrogens with one attached hydrogen (secondary N) is 1. The van der Waals surface area contributed by atoms with Gasteiger partial charge in [0.25, 0.3) is 0 Å². The molecule has 0 saturated heterocycles. The molecule has 0 aliphatic heterocycles. The van der Waals surface area contributed by atoms with Gasteiger partial charge >= 0.3 is 154 Å². The van der Waals surface area contributed by atoms with Crippen molar-refractivity contribution >= 4 is 0 Å². The predicted molar refractivity (Wildman–Crippen MR) is 18.3 cm³/mol. The van der Waals surface area contributed by atoms with Crippen LogP contribution in [0, 0.1) is 0 Å². The molecule has 0 aliphatic rings. The van der Waals surface area contributed by atoms with Crippen LogP contribution in [0.5, 0.6) is 0 Å². The van der Waals surface area contributed by atoms with Gasteiger partial charge in [0.1, 0.15) is 0 Å². The molecule has 0 aromatic carbocycles. The van der Waals surface area contributed by atoms with E-state index in [2.05, 4.69) is 21.2 Å². The van der Waals surface area contributed by atoms with E-state index in [1.807, 2.05) is 0 Å². The van der Waals surface area contributed by atoms with Crippen molar-refractivity contribution in [3.8, 4) is 0 Å². The Balaban J connectivity index is -0.0000000417. The minimum atomic E-state index is 0. The fourth-order valence-corrected chi connectivity index (χ4v) is 0.0379. The molecule has 0 fully saturated rings. The molecule has 0 amide bonds. The summed E-state index contributed by atoms with van der Waals surface area (Å²) in [5.74, 6) is 5.90. The smallest absolute Gasteiger partial charge is 0.729 e. The fourth-order valence-electron chi connectivity index (χ4n) is 0.0379. The van der Waals surface area contributed by atoms with Crippen molar-refractivity contribution < 1.29 is 154 Å². The minimum absolute atomic E-state index is 0. The van der Waals surface area contributed by atoms with E-state index in [1.54, 1.807) is 0 Å². The topological polar surface area (TPSA) is 97.3 Å². The van der Waals surface area contributed by atoms with Gasteiger partial charge in [-0.25, -0.2) is 0 Å². The summed E-state index contributed by atoms with van der Waals surface area (Å²) in [5, 5.41) is 7.14. The SMILES string of the molecule is [K+].[K+].[K+].[N-]=N[N-]/N=N/[NH-]. The molecule has 9 heteroatoms. The summed E-state index contributed by atoms with van der Waals surface area (Å²) in [6.07, 6.45) is 0. The third-order valence-electron chi connectivity index (χ3n) is 0.125. The van der Waals surface area contributed by atoms with Crippen LogP contribution in [0.25, 0.3) is 16.9 Å². The maximum Gasteiger partial charge on any atom is 1.00 e. The number of hydrogen-bond acceptors (Lipinski definition) is 3. The minimum Gasteiger partial charge on any atom is -0.729 e. The van der Waals surface area contributed by atoms with Crippen LogP contribution in [0.2, 0.25) is 0 Å². The van der Waals surface area contributed by atoms with E-state index >= 15 is 0 Å². The van der Waals surface area contributed by atoms with Crippen molar-refractivity contribution in [3.63, 3.8) is 0 Å². The Labute approximate surface area is 181 Å². The van der Waals surface area contributed by atoms with E-state index in [0.717, 1.165) is 0 Å². The molecule has 0 aromatic rings. The Hall–Kier alpha value is 3.71. The maximum absolute atomic E-state index is 7.42. The summed E-state index contributed by atoms with van der Waals surface area (Å²) in [6, 6.07) is 0. The van der Waals surface area contributed by atoms with Crippen LogP contribution in [0.3, 0.4) is 0 Å². The monoisotopic (exact) mass is 202 g/mol. The summed E-state index contributed by atoms with van der Waals surface area (Å²) in [7, 11) is 0. The first-order valence-electron chi connectivity index (χ1n) is 1.02. The van der Waals surface area contributed by atoms with Crippen molar-refractivity contribution in [1.82, 2.24) is 0 Å². The Morgan fingerprint density at radius 2 is 1.67 bits per heavy atom. The molecule has 0 bridgehead atoms. The molecule has 0 aromatic heterocycles. The van der Waals surface area contributed by atoms with Crippen LogP contribution in [-0.2, 0) is 0 Å². The molecule has 0 saturated carbocycles. The van der Waals surface area contributed by atoms with E-state index in [4.69, 9.17) is 11.4 Å². The molecular formula is HK3N6. The molecule has 0 spiro atoms. The molecule has 1 N–H and O–H groups in total. The number of nitrogens with zero attached hydrogens (tertiary/aromatic N) is 5. The molecule has 0 heterocycles. The molecule has 0 atom stereocenters. The van der Waals surface area contributed by atoms with Crippen molar-refractivity contribution in [3.05, 3.63) is 16.9 Å². The largest absolute Gasteiger partial charge is 1.00 e. The average Bonchev–Trinajstić information content (AvgIpc) is 1.61. The summed E-state index contributed by atoms with van der Waals surface area (Å²) < 4.78 is 0. The standard InChI is InChI=1S/3K.HN6/c;;;1-3-5-6-4-2/h;;;(H-3,1,2,3,4,5,6)/q3*+1;-3. The van der Waals surface area contributed by atoms with E-state index in [0.29, 0.717) is 0 Å².